The van der Waals surface area contributed by atoms with Crippen molar-refractivity contribution in [3.63, 3.8) is 0 Å². The van der Waals surface area contributed by atoms with Gasteiger partial charge in [-0.1, -0.05) is 24.3 Å². The lowest BCUT2D eigenvalue weighted by Gasteiger charge is -2.04. The third-order valence-electron chi connectivity index (χ3n) is 3.89. The molecule has 0 radical (unpaired) electrons. The second-order valence-corrected chi connectivity index (χ2v) is 5.35. The number of benzene rings is 1. The maximum Gasteiger partial charge on any atom is 0.271 e. The molecule has 3 aromatic rings. The van der Waals surface area contributed by atoms with Gasteiger partial charge in [-0.3, -0.25) is 9.78 Å². The molecule has 1 aromatic carbocycles. The molecule has 5 heteroatoms. The zero-order valence-corrected chi connectivity index (χ0v) is 13.4. The summed E-state index contributed by atoms with van der Waals surface area (Å²) in [6.07, 6.45) is 6.71. The van der Waals surface area contributed by atoms with Crippen molar-refractivity contribution in [2.45, 2.75) is 13.5 Å². The number of rotatable bonds is 5. The number of allylic oxidation sites excluding steroid dienone is 1. The number of amides is 1. The highest BCUT2D eigenvalue weighted by atomic mass is 16.2. The second kappa shape index (κ2) is 6.91. The number of pyridine rings is 1. The van der Waals surface area contributed by atoms with E-state index in [2.05, 4.69) is 32.7 Å². The Bertz CT molecular complexity index is 910. The van der Waals surface area contributed by atoms with Crippen LogP contribution < -0.4 is 5.43 Å². The van der Waals surface area contributed by atoms with Crippen molar-refractivity contribution in [2.75, 3.05) is 0 Å². The second-order valence-electron chi connectivity index (χ2n) is 5.35. The number of nitrogens with one attached hydrogen (secondary N) is 1. The van der Waals surface area contributed by atoms with E-state index in [-0.39, 0.29) is 5.91 Å². The summed E-state index contributed by atoms with van der Waals surface area (Å²) in [5.74, 6) is -0.263. The van der Waals surface area contributed by atoms with E-state index in [4.69, 9.17) is 0 Å². The molecule has 0 aliphatic heterocycles. The number of hydrazone groups is 1. The monoisotopic (exact) mass is 318 g/mol. The van der Waals surface area contributed by atoms with E-state index in [9.17, 15) is 4.79 Å². The Hall–Kier alpha value is -3.21. The van der Waals surface area contributed by atoms with Crippen LogP contribution >= 0.6 is 0 Å². The predicted molar refractivity (Wildman–Crippen MR) is 96.2 cm³/mol. The first-order chi connectivity index (χ1) is 11.7. The number of nitrogens with zero attached hydrogens (tertiary/aromatic N) is 3. The third-order valence-corrected chi connectivity index (χ3v) is 3.89. The molecule has 120 valence electrons. The first-order valence-corrected chi connectivity index (χ1v) is 7.64. The Morgan fingerprint density at radius 2 is 2.04 bits per heavy atom. The molecule has 1 amide bonds. The Morgan fingerprint density at radius 1 is 1.29 bits per heavy atom. The molecule has 0 saturated heterocycles. The number of aromatic nitrogens is 2. The van der Waals surface area contributed by atoms with Crippen LogP contribution in [0.4, 0.5) is 0 Å². The van der Waals surface area contributed by atoms with Crippen molar-refractivity contribution in [1.82, 2.24) is 15.0 Å². The van der Waals surface area contributed by atoms with Gasteiger partial charge in [0.05, 0.1) is 6.21 Å². The minimum absolute atomic E-state index is 0.263. The number of carbonyl (C=O) groups excluding carboxylic acids is 1. The van der Waals surface area contributed by atoms with Gasteiger partial charge in [0.1, 0.15) is 0 Å². The molecular formula is C19H18N4O. The van der Waals surface area contributed by atoms with E-state index in [0.717, 1.165) is 28.7 Å². The van der Waals surface area contributed by atoms with Crippen LogP contribution in [-0.2, 0) is 6.54 Å². The van der Waals surface area contributed by atoms with Crippen LogP contribution in [0.15, 0.2) is 66.5 Å². The lowest BCUT2D eigenvalue weighted by molar-refractivity contribution is 0.0955. The SMILES string of the molecule is C=CCn1c(C)c(/C=N\NC(=O)c2ccncc2)c2ccccc21. The van der Waals surface area contributed by atoms with Gasteiger partial charge in [-0.05, 0) is 25.1 Å². The Kier molecular flexibility index (Phi) is 4.52. The van der Waals surface area contributed by atoms with Gasteiger partial charge >= 0.3 is 0 Å². The van der Waals surface area contributed by atoms with E-state index in [1.807, 2.05) is 31.2 Å². The average Bonchev–Trinajstić information content (AvgIpc) is 2.88. The van der Waals surface area contributed by atoms with Crippen LogP contribution in [-0.4, -0.2) is 21.7 Å². The summed E-state index contributed by atoms with van der Waals surface area (Å²) in [4.78, 5) is 15.9. The smallest absolute Gasteiger partial charge is 0.271 e. The molecule has 0 fully saturated rings. The molecule has 3 rings (SSSR count). The van der Waals surface area contributed by atoms with Crippen LogP contribution in [0, 0.1) is 6.92 Å². The van der Waals surface area contributed by atoms with Gasteiger partial charge in [-0.15, -0.1) is 6.58 Å². The topological polar surface area (TPSA) is 59.3 Å². The summed E-state index contributed by atoms with van der Waals surface area (Å²) in [5.41, 5.74) is 6.27. The zero-order valence-electron chi connectivity index (χ0n) is 13.4. The van der Waals surface area contributed by atoms with Gasteiger partial charge in [-0.25, -0.2) is 5.43 Å². The molecule has 24 heavy (non-hydrogen) atoms. The standard InChI is InChI=1S/C19H18N4O/c1-3-12-23-14(2)17(16-6-4-5-7-18(16)23)13-21-22-19(24)15-8-10-20-11-9-15/h3-11,13H,1,12H2,2H3,(H,22,24)/b21-13-. The normalized spacial score (nSPS) is 11.0. The molecule has 2 aromatic heterocycles. The highest BCUT2D eigenvalue weighted by Gasteiger charge is 2.11. The van der Waals surface area contributed by atoms with Crippen LogP contribution in [0.2, 0.25) is 0 Å². The van der Waals surface area contributed by atoms with Crippen molar-refractivity contribution in [3.05, 3.63) is 78.3 Å². The third kappa shape index (κ3) is 2.96. The molecule has 0 aliphatic rings. The molecule has 0 spiro atoms. The lowest BCUT2D eigenvalue weighted by Crippen LogP contribution is -2.17. The van der Waals surface area contributed by atoms with E-state index in [1.165, 1.54) is 0 Å². The van der Waals surface area contributed by atoms with Crippen LogP contribution in [0.3, 0.4) is 0 Å². The van der Waals surface area contributed by atoms with E-state index in [0.29, 0.717) is 5.56 Å². The summed E-state index contributed by atoms with van der Waals surface area (Å²) in [7, 11) is 0. The Balaban J connectivity index is 1.88. The predicted octanol–water partition coefficient (Wildman–Crippen LogP) is 3.29. The molecule has 2 heterocycles. The quantitative estimate of drug-likeness (QED) is 0.446. The van der Waals surface area contributed by atoms with Crippen molar-refractivity contribution < 1.29 is 4.79 Å². The first-order valence-electron chi connectivity index (χ1n) is 7.64. The minimum atomic E-state index is -0.263. The van der Waals surface area contributed by atoms with Crippen molar-refractivity contribution >= 4 is 23.0 Å². The number of hydrogen-bond donors (Lipinski definition) is 1. The average molecular weight is 318 g/mol. The van der Waals surface area contributed by atoms with Gasteiger partial charge in [0.2, 0.25) is 0 Å². The molecule has 0 unspecified atom stereocenters. The molecular weight excluding hydrogens is 300 g/mol. The van der Waals surface area contributed by atoms with Crippen molar-refractivity contribution in [3.8, 4) is 0 Å². The van der Waals surface area contributed by atoms with Gasteiger partial charge < -0.3 is 4.57 Å². The largest absolute Gasteiger partial charge is 0.340 e. The lowest BCUT2D eigenvalue weighted by atomic mass is 10.1. The number of hydrogen-bond acceptors (Lipinski definition) is 3. The number of para-hydroxylation sites is 1. The molecule has 1 N–H and O–H groups in total. The Morgan fingerprint density at radius 3 is 2.79 bits per heavy atom. The molecule has 0 saturated carbocycles. The molecule has 5 nitrogen and oxygen atoms in total. The Labute approximate surface area is 140 Å². The maximum atomic E-state index is 12.0. The van der Waals surface area contributed by atoms with Gasteiger partial charge in [0, 0.05) is 46.7 Å². The fourth-order valence-electron chi connectivity index (χ4n) is 2.71. The number of fused-ring (bicyclic) bond motifs is 1. The fourth-order valence-corrected chi connectivity index (χ4v) is 2.71. The van der Waals surface area contributed by atoms with E-state index >= 15 is 0 Å². The van der Waals surface area contributed by atoms with Crippen molar-refractivity contribution in [1.29, 1.82) is 0 Å². The van der Waals surface area contributed by atoms with Crippen LogP contribution in [0.1, 0.15) is 21.6 Å². The highest BCUT2D eigenvalue weighted by molar-refractivity contribution is 6.02. The van der Waals surface area contributed by atoms with Gasteiger partial charge in [0.25, 0.3) is 5.91 Å². The fraction of sp³-hybridized carbons (Fsp3) is 0.105. The number of carbonyl (C=O) groups is 1. The molecule has 0 aliphatic carbocycles. The van der Waals surface area contributed by atoms with Crippen molar-refractivity contribution in [2.24, 2.45) is 5.10 Å². The highest BCUT2D eigenvalue weighted by Crippen LogP contribution is 2.24. The summed E-state index contributed by atoms with van der Waals surface area (Å²) >= 11 is 0. The summed E-state index contributed by atoms with van der Waals surface area (Å²) in [6.45, 7) is 6.58. The minimum Gasteiger partial charge on any atom is -0.340 e. The van der Waals surface area contributed by atoms with E-state index in [1.54, 1.807) is 30.7 Å². The first kappa shape index (κ1) is 15.7. The molecule has 0 atom stereocenters. The summed E-state index contributed by atoms with van der Waals surface area (Å²) in [6, 6.07) is 11.4. The van der Waals surface area contributed by atoms with Crippen LogP contribution in [0.5, 0.6) is 0 Å². The van der Waals surface area contributed by atoms with Crippen LogP contribution in [0.25, 0.3) is 10.9 Å². The van der Waals surface area contributed by atoms with Gasteiger partial charge in [0.15, 0.2) is 0 Å². The summed E-state index contributed by atoms with van der Waals surface area (Å²) < 4.78 is 2.17. The maximum absolute atomic E-state index is 12.0. The zero-order chi connectivity index (χ0) is 16.9. The van der Waals surface area contributed by atoms with Gasteiger partial charge in [-0.2, -0.15) is 5.10 Å². The molecule has 0 bridgehead atoms. The van der Waals surface area contributed by atoms with E-state index < -0.39 is 0 Å². The summed E-state index contributed by atoms with van der Waals surface area (Å²) in [5, 5.41) is 5.21.